The molecule has 31 heavy (non-hydrogen) atoms. The van der Waals surface area contributed by atoms with E-state index in [1.54, 1.807) is 19.1 Å². The number of aromatic hydroxyl groups is 1. The maximum Gasteiger partial charge on any atom is 0.416 e. The minimum Gasteiger partial charge on any atom is -0.507 e. The number of aromatic nitrogens is 1. The Labute approximate surface area is 179 Å². The van der Waals surface area contributed by atoms with Gasteiger partial charge in [0, 0.05) is 12.3 Å². The zero-order chi connectivity index (χ0) is 22.8. The first kappa shape index (κ1) is 22.3. The summed E-state index contributed by atoms with van der Waals surface area (Å²) in [5.41, 5.74) is -0.0445. The molecule has 0 atom stereocenters. The van der Waals surface area contributed by atoms with E-state index in [-0.39, 0.29) is 28.7 Å². The van der Waals surface area contributed by atoms with Gasteiger partial charge in [0.1, 0.15) is 17.9 Å². The van der Waals surface area contributed by atoms with E-state index in [9.17, 15) is 27.9 Å². The average Bonchev–Trinajstić information content (AvgIpc) is 3.16. The van der Waals surface area contributed by atoms with E-state index in [1.807, 2.05) is 0 Å². The van der Waals surface area contributed by atoms with Gasteiger partial charge >= 0.3 is 12.1 Å². The van der Waals surface area contributed by atoms with E-state index in [4.69, 9.17) is 4.74 Å². The number of hydrogen-bond acceptors (Lipinski definition) is 6. The molecule has 0 spiro atoms. The Bertz CT molecular complexity index is 1130. The molecule has 0 saturated heterocycles. The first-order valence-electron chi connectivity index (χ1n) is 8.96. The van der Waals surface area contributed by atoms with E-state index in [0.29, 0.717) is 11.3 Å². The molecule has 0 saturated carbocycles. The molecule has 0 unspecified atom stereocenters. The molecule has 0 aliphatic carbocycles. The highest BCUT2D eigenvalue weighted by Crippen LogP contribution is 2.35. The largest absolute Gasteiger partial charge is 0.507 e. The maximum atomic E-state index is 13.0. The fraction of sp³-hybridized carbons (Fsp3) is 0.190. The van der Waals surface area contributed by atoms with Crippen LogP contribution in [0.25, 0.3) is 0 Å². The molecule has 1 aromatic heterocycles. The van der Waals surface area contributed by atoms with Crippen LogP contribution in [0.15, 0.2) is 47.8 Å². The number of thiazole rings is 1. The quantitative estimate of drug-likeness (QED) is 0.540. The first-order chi connectivity index (χ1) is 14.6. The topological polar surface area (TPSA) is 79.7 Å². The lowest BCUT2D eigenvalue weighted by atomic mass is 10.1. The zero-order valence-electron chi connectivity index (χ0n) is 16.4. The van der Waals surface area contributed by atoms with E-state index in [1.165, 1.54) is 30.5 Å². The van der Waals surface area contributed by atoms with Gasteiger partial charge in [-0.2, -0.15) is 13.2 Å². The molecular weight excluding hydrogens is 433 g/mol. The van der Waals surface area contributed by atoms with Crippen molar-refractivity contribution in [1.82, 2.24) is 4.98 Å². The van der Waals surface area contributed by atoms with Crippen molar-refractivity contribution in [2.24, 2.45) is 0 Å². The number of rotatable bonds is 5. The van der Waals surface area contributed by atoms with Crippen LogP contribution in [0.3, 0.4) is 0 Å². The zero-order valence-corrected chi connectivity index (χ0v) is 17.3. The second kappa shape index (κ2) is 8.76. The van der Waals surface area contributed by atoms with Crippen LogP contribution in [0.1, 0.15) is 34.1 Å². The second-order valence-corrected chi connectivity index (χ2v) is 7.41. The van der Waals surface area contributed by atoms with Crippen LogP contribution >= 0.6 is 11.3 Å². The van der Waals surface area contributed by atoms with Crippen LogP contribution in [0, 0.1) is 6.92 Å². The molecule has 0 bridgehead atoms. The smallest absolute Gasteiger partial charge is 0.416 e. The van der Waals surface area contributed by atoms with Gasteiger partial charge in [0.2, 0.25) is 5.91 Å². The highest BCUT2D eigenvalue weighted by Gasteiger charge is 2.31. The molecule has 10 heteroatoms. The normalized spacial score (nSPS) is 11.3. The summed E-state index contributed by atoms with van der Waals surface area (Å²) in [6.07, 6.45) is -4.55. The number of phenolic OH excluding ortho intramolecular Hbond substituents is 1. The number of carbonyl (C=O) groups is 2. The van der Waals surface area contributed by atoms with Crippen LogP contribution in [0.2, 0.25) is 0 Å². The summed E-state index contributed by atoms with van der Waals surface area (Å²) >= 11 is 1.02. The molecule has 0 fully saturated rings. The number of para-hydroxylation sites is 1. The summed E-state index contributed by atoms with van der Waals surface area (Å²) in [5, 5.41) is 11.6. The predicted octanol–water partition coefficient (Wildman–Crippen LogP) is 5.22. The van der Waals surface area contributed by atoms with E-state index in [0.717, 1.165) is 28.4 Å². The molecule has 162 valence electrons. The van der Waals surface area contributed by atoms with Crippen LogP contribution in [-0.2, 0) is 22.3 Å². The number of ether oxygens (including phenoxy) is 1. The van der Waals surface area contributed by atoms with E-state index >= 15 is 0 Å². The molecule has 1 heterocycles. The number of aryl methyl sites for hydroxylation is 1. The Balaban J connectivity index is 1.79. The highest BCUT2D eigenvalue weighted by molar-refractivity contribution is 7.14. The Morgan fingerprint density at radius 3 is 2.58 bits per heavy atom. The number of alkyl halides is 3. The lowest BCUT2D eigenvalue weighted by molar-refractivity contribution is -0.137. The number of amides is 1. The fourth-order valence-electron chi connectivity index (χ4n) is 2.75. The van der Waals surface area contributed by atoms with Crippen molar-refractivity contribution in [3.63, 3.8) is 0 Å². The second-order valence-electron chi connectivity index (χ2n) is 6.57. The Kier molecular flexibility index (Phi) is 6.30. The van der Waals surface area contributed by atoms with Gasteiger partial charge in [0.05, 0.1) is 16.9 Å². The van der Waals surface area contributed by atoms with Crippen molar-refractivity contribution in [2.45, 2.75) is 26.6 Å². The standard InChI is InChI=1S/C21H17F3N2O4S/c1-12-5-3-8-17(18(12)28)19(29)30-10-15-11-31-20(25-15)26(13(2)27)16-7-4-6-14(9-16)21(22,23)24/h3-9,11,28H,10H2,1-2H3. The van der Waals surface area contributed by atoms with Crippen LogP contribution in [0.5, 0.6) is 5.75 Å². The molecule has 1 amide bonds. The van der Waals surface area contributed by atoms with Gasteiger partial charge < -0.3 is 9.84 Å². The number of anilines is 2. The van der Waals surface area contributed by atoms with Crippen molar-refractivity contribution in [1.29, 1.82) is 0 Å². The summed E-state index contributed by atoms with van der Waals surface area (Å²) in [7, 11) is 0. The molecule has 3 rings (SSSR count). The summed E-state index contributed by atoms with van der Waals surface area (Å²) in [6.45, 7) is 2.61. The highest BCUT2D eigenvalue weighted by atomic mass is 32.1. The van der Waals surface area contributed by atoms with Gasteiger partial charge in [-0.15, -0.1) is 11.3 Å². The third-order valence-corrected chi connectivity index (χ3v) is 5.16. The predicted molar refractivity (Wildman–Crippen MR) is 108 cm³/mol. The summed E-state index contributed by atoms with van der Waals surface area (Å²) in [5.74, 6) is -1.46. The summed E-state index contributed by atoms with van der Waals surface area (Å²) in [4.78, 5) is 29.6. The first-order valence-corrected chi connectivity index (χ1v) is 9.84. The molecule has 3 aromatic rings. The SMILES string of the molecule is CC(=O)N(c1cccc(C(F)(F)F)c1)c1nc(COC(=O)c2cccc(C)c2O)cs1. The van der Waals surface area contributed by atoms with Gasteiger partial charge in [0.15, 0.2) is 5.13 Å². The number of carbonyl (C=O) groups excluding carboxylic acids is 2. The van der Waals surface area contributed by atoms with Gasteiger partial charge in [-0.25, -0.2) is 9.78 Å². The van der Waals surface area contributed by atoms with Crippen LogP contribution in [-0.4, -0.2) is 22.0 Å². The number of phenols is 1. The summed E-state index contributed by atoms with van der Waals surface area (Å²) < 4.78 is 44.2. The number of halogens is 3. The van der Waals surface area contributed by atoms with Crippen molar-refractivity contribution < 1.29 is 32.6 Å². The number of esters is 1. The average molecular weight is 450 g/mol. The summed E-state index contributed by atoms with van der Waals surface area (Å²) in [6, 6.07) is 9.02. The van der Waals surface area contributed by atoms with Crippen molar-refractivity contribution in [3.8, 4) is 5.75 Å². The fourth-order valence-corrected chi connectivity index (χ4v) is 3.63. The molecule has 0 aliphatic heterocycles. The Hall–Kier alpha value is -3.40. The minimum absolute atomic E-state index is 0.00443. The molecule has 1 N–H and O–H groups in total. The van der Waals surface area contributed by atoms with E-state index in [2.05, 4.69) is 4.98 Å². The number of nitrogens with zero attached hydrogens (tertiary/aromatic N) is 2. The van der Waals surface area contributed by atoms with Gasteiger partial charge in [-0.1, -0.05) is 18.2 Å². The van der Waals surface area contributed by atoms with Crippen LogP contribution < -0.4 is 4.90 Å². The van der Waals surface area contributed by atoms with Crippen molar-refractivity contribution in [2.75, 3.05) is 4.90 Å². The number of benzene rings is 2. The Morgan fingerprint density at radius 1 is 1.19 bits per heavy atom. The molecule has 0 radical (unpaired) electrons. The van der Waals surface area contributed by atoms with Gasteiger partial charge in [-0.05, 0) is 36.8 Å². The number of hydrogen-bond donors (Lipinski definition) is 1. The lowest BCUT2D eigenvalue weighted by Gasteiger charge is -2.19. The van der Waals surface area contributed by atoms with Gasteiger partial charge in [0.25, 0.3) is 0 Å². The van der Waals surface area contributed by atoms with E-state index < -0.39 is 23.6 Å². The third-order valence-electron chi connectivity index (χ3n) is 4.29. The molecule has 6 nitrogen and oxygen atoms in total. The maximum absolute atomic E-state index is 13.0. The molecular formula is C21H17F3N2O4S. The molecule has 0 aliphatic rings. The molecule has 2 aromatic carbocycles. The third kappa shape index (κ3) is 5.02. The lowest BCUT2D eigenvalue weighted by Crippen LogP contribution is -2.23. The monoisotopic (exact) mass is 450 g/mol. The van der Waals surface area contributed by atoms with Crippen molar-refractivity contribution >= 4 is 34.0 Å². The van der Waals surface area contributed by atoms with Crippen LogP contribution in [0.4, 0.5) is 24.0 Å². The van der Waals surface area contributed by atoms with Gasteiger partial charge in [-0.3, -0.25) is 9.69 Å². The Morgan fingerprint density at radius 2 is 1.90 bits per heavy atom. The minimum atomic E-state index is -4.55. The van der Waals surface area contributed by atoms with Crippen molar-refractivity contribution in [3.05, 3.63) is 70.2 Å².